The Bertz CT molecular complexity index is 1230. The Kier molecular flexibility index (Phi) is 5.30. The minimum Gasteiger partial charge on any atom is -0.464 e. The third-order valence-corrected chi connectivity index (χ3v) is 4.89. The number of ether oxygens (including phenoxy) is 2. The topological polar surface area (TPSA) is 81.3 Å². The Morgan fingerprint density at radius 2 is 1.70 bits per heavy atom. The van der Waals surface area contributed by atoms with Gasteiger partial charge in [0.2, 0.25) is 0 Å². The van der Waals surface area contributed by atoms with Crippen LogP contribution >= 0.6 is 0 Å². The zero-order valence-corrected chi connectivity index (χ0v) is 16.6. The number of esters is 2. The predicted molar refractivity (Wildman–Crippen MR) is 113 cm³/mol. The van der Waals surface area contributed by atoms with Crippen molar-refractivity contribution >= 4 is 22.8 Å². The van der Waals surface area contributed by atoms with Crippen molar-refractivity contribution in [3.63, 3.8) is 0 Å². The van der Waals surface area contributed by atoms with Crippen LogP contribution in [0.5, 0.6) is 0 Å². The van der Waals surface area contributed by atoms with Crippen molar-refractivity contribution in [2.75, 3.05) is 7.11 Å². The van der Waals surface area contributed by atoms with Gasteiger partial charge < -0.3 is 14.5 Å². The molecule has 0 saturated heterocycles. The number of benzene rings is 2. The summed E-state index contributed by atoms with van der Waals surface area (Å²) in [6, 6.07) is 18.8. The summed E-state index contributed by atoms with van der Waals surface area (Å²) in [6.45, 7) is 1.83. The van der Waals surface area contributed by atoms with Gasteiger partial charge in [0, 0.05) is 28.2 Å². The molecule has 0 unspecified atom stereocenters. The lowest BCUT2D eigenvalue weighted by Gasteiger charge is -2.13. The third-order valence-electron chi connectivity index (χ3n) is 4.89. The molecule has 0 fully saturated rings. The monoisotopic (exact) mass is 400 g/mol. The predicted octanol–water partition coefficient (Wildman–Crippen LogP) is 4.68. The molecule has 1 N–H and O–H groups in total. The Labute approximate surface area is 173 Å². The lowest BCUT2D eigenvalue weighted by Crippen LogP contribution is -2.14. The smallest absolute Gasteiger partial charge is 0.356 e. The number of aromatic nitrogens is 2. The van der Waals surface area contributed by atoms with E-state index in [2.05, 4.69) is 9.97 Å². The molecule has 4 aromatic rings. The minimum atomic E-state index is -0.566. The maximum absolute atomic E-state index is 13.1. The fourth-order valence-electron chi connectivity index (χ4n) is 3.44. The van der Waals surface area contributed by atoms with E-state index in [0.717, 1.165) is 22.0 Å². The molecule has 150 valence electrons. The Balaban J connectivity index is 1.81. The second-order valence-electron chi connectivity index (χ2n) is 6.82. The highest BCUT2D eigenvalue weighted by Gasteiger charge is 2.23. The fourth-order valence-corrected chi connectivity index (χ4v) is 3.44. The molecule has 0 spiro atoms. The van der Waals surface area contributed by atoms with Crippen LogP contribution in [0.3, 0.4) is 0 Å². The number of fused-ring (bicyclic) bond motifs is 1. The molecule has 0 atom stereocenters. The number of hydrogen-bond acceptors (Lipinski definition) is 5. The summed E-state index contributed by atoms with van der Waals surface area (Å²) < 4.78 is 10.4. The molecule has 0 aliphatic heterocycles. The maximum atomic E-state index is 13.1. The molecular weight excluding hydrogens is 380 g/mol. The minimum absolute atomic E-state index is 0.134. The van der Waals surface area contributed by atoms with Crippen molar-refractivity contribution in [1.29, 1.82) is 0 Å². The zero-order chi connectivity index (χ0) is 21.1. The fraction of sp³-hybridized carbons (Fsp3) is 0.125. The number of aromatic amines is 1. The number of hydrogen-bond donors (Lipinski definition) is 1. The normalized spacial score (nSPS) is 10.7. The average Bonchev–Trinajstić information content (AvgIpc) is 3.21. The molecule has 0 radical (unpaired) electrons. The summed E-state index contributed by atoms with van der Waals surface area (Å²) in [6.07, 6.45) is 1.81. The van der Waals surface area contributed by atoms with Gasteiger partial charge in [-0.15, -0.1) is 0 Å². The van der Waals surface area contributed by atoms with Crippen LogP contribution in [-0.2, 0) is 16.1 Å². The number of carbonyl (C=O) groups is 2. The highest BCUT2D eigenvalue weighted by molar-refractivity contribution is 6.05. The Morgan fingerprint density at radius 3 is 2.47 bits per heavy atom. The summed E-state index contributed by atoms with van der Waals surface area (Å²) in [5.74, 6) is -1.07. The van der Waals surface area contributed by atoms with E-state index >= 15 is 0 Å². The Hall–Kier alpha value is -3.93. The van der Waals surface area contributed by atoms with Crippen LogP contribution < -0.4 is 0 Å². The first-order valence-corrected chi connectivity index (χ1v) is 9.46. The molecule has 6 heteroatoms. The highest BCUT2D eigenvalue weighted by Crippen LogP contribution is 2.33. The van der Waals surface area contributed by atoms with Crippen molar-refractivity contribution in [1.82, 2.24) is 9.97 Å². The van der Waals surface area contributed by atoms with Gasteiger partial charge in [0.1, 0.15) is 12.3 Å². The molecule has 30 heavy (non-hydrogen) atoms. The summed E-state index contributed by atoms with van der Waals surface area (Å²) >= 11 is 0. The first-order valence-electron chi connectivity index (χ1n) is 9.46. The first-order chi connectivity index (χ1) is 14.6. The van der Waals surface area contributed by atoms with Crippen LogP contribution in [0.25, 0.3) is 22.0 Å². The second-order valence-corrected chi connectivity index (χ2v) is 6.82. The number of H-pyrrole nitrogens is 1. The van der Waals surface area contributed by atoms with Gasteiger partial charge in [0.05, 0.1) is 18.4 Å². The lowest BCUT2D eigenvalue weighted by atomic mass is 9.97. The number of aryl methyl sites for hydroxylation is 1. The van der Waals surface area contributed by atoms with Crippen LogP contribution in [-0.4, -0.2) is 29.0 Å². The highest BCUT2D eigenvalue weighted by atomic mass is 16.5. The average molecular weight is 400 g/mol. The van der Waals surface area contributed by atoms with Gasteiger partial charge in [0.25, 0.3) is 0 Å². The molecule has 0 aliphatic carbocycles. The van der Waals surface area contributed by atoms with Crippen LogP contribution in [0.2, 0.25) is 0 Å². The van der Waals surface area contributed by atoms with Crippen molar-refractivity contribution in [3.8, 4) is 11.1 Å². The molecule has 2 heterocycles. The van der Waals surface area contributed by atoms with E-state index in [-0.39, 0.29) is 12.3 Å². The number of nitrogens with zero attached hydrogens (tertiary/aromatic N) is 1. The summed E-state index contributed by atoms with van der Waals surface area (Å²) in [7, 11) is 1.30. The van der Waals surface area contributed by atoms with E-state index in [1.54, 1.807) is 13.0 Å². The van der Waals surface area contributed by atoms with Crippen LogP contribution in [0.15, 0.2) is 66.9 Å². The molecule has 2 aromatic carbocycles. The van der Waals surface area contributed by atoms with Crippen LogP contribution in [0.4, 0.5) is 0 Å². The Morgan fingerprint density at radius 1 is 0.967 bits per heavy atom. The van der Waals surface area contributed by atoms with Gasteiger partial charge in [-0.1, -0.05) is 48.5 Å². The van der Waals surface area contributed by atoms with Gasteiger partial charge in [-0.25, -0.2) is 14.6 Å². The lowest BCUT2D eigenvalue weighted by molar-refractivity contribution is 0.0470. The van der Waals surface area contributed by atoms with E-state index in [1.165, 1.54) is 7.11 Å². The molecular formula is C24H20N2O4. The zero-order valence-electron chi connectivity index (χ0n) is 16.6. The number of carbonyl (C=O) groups excluding carboxylic acids is 2. The number of para-hydroxylation sites is 1. The van der Waals surface area contributed by atoms with Gasteiger partial charge in [-0.05, 0) is 24.6 Å². The summed E-state index contributed by atoms with van der Waals surface area (Å²) in [4.78, 5) is 32.7. The third kappa shape index (κ3) is 3.67. The van der Waals surface area contributed by atoms with Gasteiger partial charge >= 0.3 is 11.9 Å². The van der Waals surface area contributed by atoms with Gasteiger partial charge in [0.15, 0.2) is 0 Å². The number of nitrogens with one attached hydrogen (secondary N) is 1. The molecule has 4 rings (SSSR count). The standard InChI is InChI=1S/C24H20N2O4/c1-15-22(24(28)30-14-16-8-4-3-5-9-16)18(12-21(26-15)23(27)29-2)19-13-25-20-11-7-6-10-17(19)20/h3-13,25H,14H2,1-2H3. The summed E-state index contributed by atoms with van der Waals surface area (Å²) in [5, 5.41) is 0.927. The molecule has 0 bridgehead atoms. The van der Waals surface area contributed by atoms with Crippen molar-refractivity contribution in [2.45, 2.75) is 13.5 Å². The first kappa shape index (κ1) is 19.4. The number of methoxy groups -OCH3 is 1. The van der Waals surface area contributed by atoms with E-state index in [0.29, 0.717) is 16.8 Å². The van der Waals surface area contributed by atoms with E-state index < -0.39 is 11.9 Å². The van der Waals surface area contributed by atoms with E-state index in [4.69, 9.17) is 9.47 Å². The van der Waals surface area contributed by atoms with Crippen LogP contribution in [0.1, 0.15) is 32.1 Å². The van der Waals surface area contributed by atoms with Crippen molar-refractivity contribution in [3.05, 3.63) is 89.4 Å². The molecule has 2 aromatic heterocycles. The number of rotatable bonds is 5. The largest absolute Gasteiger partial charge is 0.464 e. The SMILES string of the molecule is COC(=O)c1cc(-c2c[nH]c3ccccc23)c(C(=O)OCc2ccccc2)c(C)n1. The second kappa shape index (κ2) is 8.21. The number of pyridine rings is 1. The van der Waals surface area contributed by atoms with Gasteiger partial charge in [-0.3, -0.25) is 0 Å². The quantitative estimate of drug-likeness (QED) is 0.492. The van der Waals surface area contributed by atoms with Crippen LogP contribution in [0, 0.1) is 6.92 Å². The van der Waals surface area contributed by atoms with E-state index in [1.807, 2.05) is 60.8 Å². The van der Waals surface area contributed by atoms with Crippen molar-refractivity contribution < 1.29 is 19.1 Å². The molecule has 0 aliphatic rings. The molecule has 6 nitrogen and oxygen atoms in total. The maximum Gasteiger partial charge on any atom is 0.356 e. The summed E-state index contributed by atoms with van der Waals surface area (Å²) in [5.41, 5.74) is 4.02. The van der Waals surface area contributed by atoms with E-state index in [9.17, 15) is 9.59 Å². The molecule has 0 amide bonds. The molecule has 0 saturated carbocycles. The van der Waals surface area contributed by atoms with Crippen molar-refractivity contribution in [2.24, 2.45) is 0 Å². The van der Waals surface area contributed by atoms with Gasteiger partial charge in [-0.2, -0.15) is 0 Å².